The van der Waals surface area contributed by atoms with E-state index in [4.69, 9.17) is 9.47 Å². The Morgan fingerprint density at radius 2 is 1.88 bits per heavy atom. The largest absolute Gasteiger partial charge is 0.467 e. The number of ether oxygens (including phenoxy) is 2. The van der Waals surface area contributed by atoms with Crippen molar-refractivity contribution < 1.29 is 14.4 Å². The van der Waals surface area contributed by atoms with Crippen LogP contribution in [0.1, 0.15) is 22.3 Å². The van der Waals surface area contributed by atoms with Crippen LogP contribution >= 0.6 is 11.8 Å². The molecular formula is C25H22N4O4S. The Hall–Kier alpha value is -3.69. The van der Waals surface area contributed by atoms with Gasteiger partial charge in [-0.3, -0.25) is 14.7 Å². The number of nitro groups is 1. The molecule has 1 aromatic heterocycles. The lowest BCUT2D eigenvalue weighted by atomic mass is 10.1. The Balaban J connectivity index is 1.55. The average molecular weight is 475 g/mol. The quantitative estimate of drug-likeness (QED) is 0.203. The zero-order valence-electron chi connectivity index (χ0n) is 18.7. The molecule has 3 aromatic carbocycles. The summed E-state index contributed by atoms with van der Waals surface area (Å²) in [6, 6.07) is 19.2. The van der Waals surface area contributed by atoms with Crippen molar-refractivity contribution >= 4 is 17.4 Å². The summed E-state index contributed by atoms with van der Waals surface area (Å²) >= 11 is 1.46. The molecule has 4 aromatic rings. The molecule has 0 atom stereocenters. The van der Waals surface area contributed by atoms with Crippen LogP contribution < -0.4 is 4.74 Å². The van der Waals surface area contributed by atoms with Crippen LogP contribution in [0.3, 0.4) is 0 Å². The molecule has 172 valence electrons. The predicted molar refractivity (Wildman–Crippen MR) is 129 cm³/mol. The van der Waals surface area contributed by atoms with E-state index in [0.29, 0.717) is 22.2 Å². The molecule has 1 aliphatic heterocycles. The third-order valence-corrected chi connectivity index (χ3v) is 6.73. The standard InChI is InChI=1S/C25H22N4O4S/c1-16-8-9-21(10-17(16)2)28-24(18-6-4-3-5-7-18)26-27-25(28)34-14-20-12-22(29(30)31)11-19-13-32-15-33-23(19)20/h3-12H,13-15H2,1-2H3. The Morgan fingerprint density at radius 3 is 2.65 bits per heavy atom. The molecule has 0 bridgehead atoms. The van der Waals surface area contributed by atoms with Gasteiger partial charge in [-0.05, 0) is 37.1 Å². The van der Waals surface area contributed by atoms with Gasteiger partial charge in [-0.1, -0.05) is 48.2 Å². The van der Waals surface area contributed by atoms with Crippen LogP contribution in [0.4, 0.5) is 5.69 Å². The molecule has 0 saturated heterocycles. The first-order valence-electron chi connectivity index (χ1n) is 10.7. The van der Waals surface area contributed by atoms with Gasteiger partial charge in [0.05, 0.1) is 17.2 Å². The summed E-state index contributed by atoms with van der Waals surface area (Å²) in [5, 5.41) is 21.1. The Kier molecular flexibility index (Phi) is 6.04. The average Bonchev–Trinajstić information content (AvgIpc) is 3.28. The number of thioether (sulfide) groups is 1. The smallest absolute Gasteiger partial charge is 0.270 e. The number of hydrogen-bond donors (Lipinski definition) is 0. The van der Waals surface area contributed by atoms with Gasteiger partial charge in [0.15, 0.2) is 17.8 Å². The van der Waals surface area contributed by atoms with Crippen molar-refractivity contribution in [2.75, 3.05) is 6.79 Å². The van der Waals surface area contributed by atoms with Crippen LogP contribution in [-0.4, -0.2) is 26.5 Å². The number of non-ortho nitro benzene ring substituents is 1. The summed E-state index contributed by atoms with van der Waals surface area (Å²) < 4.78 is 13.0. The maximum Gasteiger partial charge on any atom is 0.270 e. The molecule has 5 rings (SSSR count). The molecule has 0 spiro atoms. The van der Waals surface area contributed by atoms with Crippen molar-refractivity contribution in [1.82, 2.24) is 14.8 Å². The fourth-order valence-corrected chi connectivity index (χ4v) is 4.79. The van der Waals surface area contributed by atoms with Crippen molar-refractivity contribution in [3.8, 4) is 22.8 Å². The number of aryl methyl sites for hydroxylation is 2. The molecule has 0 unspecified atom stereocenters. The van der Waals surface area contributed by atoms with E-state index in [9.17, 15) is 10.1 Å². The zero-order chi connectivity index (χ0) is 23.7. The van der Waals surface area contributed by atoms with Gasteiger partial charge in [0.1, 0.15) is 5.75 Å². The molecule has 9 heteroatoms. The highest BCUT2D eigenvalue weighted by Crippen LogP contribution is 2.37. The van der Waals surface area contributed by atoms with E-state index >= 15 is 0 Å². The molecule has 0 amide bonds. The Labute approximate surface area is 200 Å². The van der Waals surface area contributed by atoms with Gasteiger partial charge in [-0.15, -0.1) is 10.2 Å². The highest BCUT2D eigenvalue weighted by Gasteiger charge is 2.23. The van der Waals surface area contributed by atoms with E-state index in [0.717, 1.165) is 22.6 Å². The lowest BCUT2D eigenvalue weighted by Gasteiger charge is -2.20. The second kappa shape index (κ2) is 9.28. The lowest BCUT2D eigenvalue weighted by molar-refractivity contribution is -0.385. The van der Waals surface area contributed by atoms with Crippen LogP contribution in [0.5, 0.6) is 5.75 Å². The minimum absolute atomic E-state index is 0.0176. The number of nitrogens with zero attached hydrogens (tertiary/aromatic N) is 4. The second-order valence-electron chi connectivity index (χ2n) is 8.03. The highest BCUT2D eigenvalue weighted by molar-refractivity contribution is 7.98. The third-order valence-electron chi connectivity index (χ3n) is 5.75. The highest BCUT2D eigenvalue weighted by atomic mass is 32.2. The summed E-state index contributed by atoms with van der Waals surface area (Å²) in [6.07, 6.45) is 0. The van der Waals surface area contributed by atoms with Gasteiger partial charge in [0, 0.05) is 34.6 Å². The summed E-state index contributed by atoms with van der Waals surface area (Å²) in [5.41, 5.74) is 5.71. The van der Waals surface area contributed by atoms with E-state index in [-0.39, 0.29) is 19.1 Å². The first-order chi connectivity index (χ1) is 16.5. The van der Waals surface area contributed by atoms with E-state index < -0.39 is 4.92 Å². The monoisotopic (exact) mass is 474 g/mol. The van der Waals surface area contributed by atoms with E-state index in [1.807, 2.05) is 34.9 Å². The summed E-state index contributed by atoms with van der Waals surface area (Å²) in [5.74, 6) is 1.81. The molecular weight excluding hydrogens is 452 g/mol. The number of rotatable bonds is 6. The van der Waals surface area contributed by atoms with Crippen molar-refractivity contribution in [1.29, 1.82) is 0 Å². The first kappa shape index (κ1) is 22.1. The SMILES string of the molecule is Cc1ccc(-n2c(SCc3cc([N+](=O)[O-])cc4c3OCOC4)nnc2-c2ccccc2)cc1C. The van der Waals surface area contributed by atoms with Crippen LogP contribution in [0.15, 0.2) is 65.8 Å². The molecule has 0 fully saturated rings. The molecule has 34 heavy (non-hydrogen) atoms. The zero-order valence-corrected chi connectivity index (χ0v) is 19.5. The fraction of sp³-hybridized carbons (Fsp3) is 0.200. The van der Waals surface area contributed by atoms with Crippen molar-refractivity contribution in [3.63, 3.8) is 0 Å². The van der Waals surface area contributed by atoms with Gasteiger partial charge < -0.3 is 9.47 Å². The number of nitro benzene ring substituents is 1. The number of benzene rings is 3. The third kappa shape index (κ3) is 4.27. The Bertz CT molecular complexity index is 1370. The van der Waals surface area contributed by atoms with Crippen LogP contribution in [0, 0.1) is 24.0 Å². The molecule has 0 aliphatic carbocycles. The van der Waals surface area contributed by atoms with Crippen molar-refractivity contribution in [2.45, 2.75) is 31.4 Å². The van der Waals surface area contributed by atoms with E-state index in [1.54, 1.807) is 6.07 Å². The maximum absolute atomic E-state index is 11.5. The lowest BCUT2D eigenvalue weighted by Crippen LogP contribution is -2.13. The minimum Gasteiger partial charge on any atom is -0.467 e. The van der Waals surface area contributed by atoms with Gasteiger partial charge in [-0.25, -0.2) is 0 Å². The number of fused-ring (bicyclic) bond motifs is 1. The Morgan fingerprint density at radius 1 is 1.06 bits per heavy atom. The molecule has 0 radical (unpaired) electrons. The summed E-state index contributed by atoms with van der Waals surface area (Å²) in [7, 11) is 0. The normalized spacial score (nSPS) is 12.8. The van der Waals surface area contributed by atoms with Crippen molar-refractivity contribution in [2.24, 2.45) is 0 Å². The van der Waals surface area contributed by atoms with Gasteiger partial charge in [0.25, 0.3) is 5.69 Å². The maximum atomic E-state index is 11.5. The number of hydrogen-bond acceptors (Lipinski definition) is 7. The minimum atomic E-state index is -0.395. The van der Waals surface area contributed by atoms with E-state index in [1.165, 1.54) is 29.0 Å². The molecule has 1 aliphatic rings. The van der Waals surface area contributed by atoms with E-state index in [2.05, 4.69) is 42.2 Å². The number of aromatic nitrogens is 3. The van der Waals surface area contributed by atoms with Crippen LogP contribution in [-0.2, 0) is 17.1 Å². The van der Waals surface area contributed by atoms with Crippen LogP contribution in [0.2, 0.25) is 0 Å². The predicted octanol–water partition coefficient (Wildman–Crippen LogP) is 5.62. The second-order valence-corrected chi connectivity index (χ2v) is 8.97. The first-order valence-corrected chi connectivity index (χ1v) is 11.7. The molecule has 8 nitrogen and oxygen atoms in total. The van der Waals surface area contributed by atoms with Crippen molar-refractivity contribution in [3.05, 3.63) is 93.0 Å². The summed E-state index contributed by atoms with van der Waals surface area (Å²) in [4.78, 5) is 11.1. The van der Waals surface area contributed by atoms with Gasteiger partial charge in [0.2, 0.25) is 0 Å². The molecule has 2 heterocycles. The van der Waals surface area contributed by atoms with Crippen LogP contribution in [0.25, 0.3) is 17.1 Å². The topological polar surface area (TPSA) is 92.3 Å². The van der Waals surface area contributed by atoms with Gasteiger partial charge >= 0.3 is 0 Å². The summed E-state index contributed by atoms with van der Waals surface area (Å²) in [6.45, 7) is 4.56. The van der Waals surface area contributed by atoms with Gasteiger partial charge in [-0.2, -0.15) is 0 Å². The molecule has 0 N–H and O–H groups in total. The fourth-order valence-electron chi connectivity index (χ4n) is 3.87. The molecule has 0 saturated carbocycles.